The van der Waals surface area contributed by atoms with E-state index in [9.17, 15) is 0 Å². The van der Waals surface area contributed by atoms with Gasteiger partial charge < -0.3 is 4.90 Å². The molecule has 0 amide bonds. The fourth-order valence-corrected chi connectivity index (χ4v) is 5.14. The smallest absolute Gasteiger partial charge is 0.0750 e. The van der Waals surface area contributed by atoms with Gasteiger partial charge in [0.15, 0.2) is 0 Å². The highest BCUT2D eigenvalue weighted by Crippen LogP contribution is 2.61. The lowest BCUT2D eigenvalue weighted by molar-refractivity contribution is 0.480. The summed E-state index contributed by atoms with van der Waals surface area (Å²) in [4.78, 5) is 2.26. The maximum absolute atomic E-state index is 4.24. The molecule has 2 aromatic rings. The minimum atomic E-state index is -0.360. The van der Waals surface area contributed by atoms with E-state index in [2.05, 4.69) is 99.6 Å². The summed E-state index contributed by atoms with van der Waals surface area (Å²) in [7, 11) is 2.13. The first kappa shape index (κ1) is 18.3. The van der Waals surface area contributed by atoms with E-state index < -0.39 is 0 Å². The Balaban J connectivity index is 2.26. The number of benzene rings is 2. The van der Waals surface area contributed by atoms with E-state index in [1.165, 1.54) is 39.1 Å². The minimum absolute atomic E-state index is 0.360. The van der Waals surface area contributed by atoms with Gasteiger partial charge in [0.2, 0.25) is 0 Å². The number of rotatable bonds is 3. The molecule has 1 heterocycles. The molecule has 0 bridgehead atoms. The second-order valence-corrected chi connectivity index (χ2v) is 7.31. The third-order valence-corrected chi connectivity index (χ3v) is 6.12. The average Bonchev–Trinajstić information content (AvgIpc) is 3.02. The number of hydrogen-bond acceptors (Lipinski definition) is 1. The van der Waals surface area contributed by atoms with Crippen molar-refractivity contribution in [2.45, 2.75) is 25.7 Å². The molecule has 0 unspecified atom stereocenters. The van der Waals surface area contributed by atoms with Gasteiger partial charge in [-0.2, -0.15) is 0 Å². The van der Waals surface area contributed by atoms with Crippen LogP contribution in [0.4, 0.5) is 0 Å². The number of hydrogen-bond donors (Lipinski definition) is 0. The van der Waals surface area contributed by atoms with Crippen molar-refractivity contribution in [2.24, 2.45) is 0 Å². The lowest BCUT2D eigenvalue weighted by atomic mass is 9.63. The molecule has 0 saturated carbocycles. The maximum atomic E-state index is 4.24. The molecule has 4 rings (SSSR count). The molecule has 28 heavy (non-hydrogen) atoms. The zero-order chi connectivity index (χ0) is 19.9. The molecular formula is C27H27N. The molecule has 0 radical (unpaired) electrons. The first-order valence-electron chi connectivity index (χ1n) is 9.96. The number of fused-ring (bicyclic) bond motifs is 5. The third kappa shape index (κ3) is 2.13. The second kappa shape index (κ2) is 6.83. The highest BCUT2D eigenvalue weighted by molar-refractivity contribution is 5.88. The van der Waals surface area contributed by atoms with Crippen molar-refractivity contribution in [3.05, 3.63) is 120 Å². The molecule has 1 aliphatic heterocycles. The fraction of sp³-hybridized carbons (Fsp3) is 0.185. The van der Waals surface area contributed by atoms with Crippen LogP contribution in [0, 0.1) is 0 Å². The summed E-state index contributed by atoms with van der Waals surface area (Å²) in [6, 6.07) is 17.6. The summed E-state index contributed by atoms with van der Waals surface area (Å²) < 4.78 is 0. The van der Waals surface area contributed by atoms with Crippen LogP contribution in [0.5, 0.6) is 0 Å². The van der Waals surface area contributed by atoms with Crippen LogP contribution in [0.1, 0.15) is 31.4 Å². The zero-order valence-corrected chi connectivity index (χ0v) is 17.0. The Bertz CT molecular complexity index is 1020. The first-order chi connectivity index (χ1) is 13.7. The van der Waals surface area contributed by atoms with Crippen LogP contribution in [0.3, 0.4) is 0 Å². The van der Waals surface area contributed by atoms with Gasteiger partial charge in [0.1, 0.15) is 0 Å². The molecule has 1 nitrogen and oxygen atoms in total. The molecule has 0 saturated heterocycles. The Kier molecular flexibility index (Phi) is 4.47. The lowest BCUT2D eigenvalue weighted by Gasteiger charge is -2.46. The SMILES string of the molecule is C=CC1=C(C=C)C2(C(=C/C)/C(=C\CC)N1C)c1ccccc1-c1ccccc12. The Morgan fingerprint density at radius 3 is 1.96 bits per heavy atom. The van der Waals surface area contributed by atoms with Gasteiger partial charge in [-0.3, -0.25) is 0 Å². The molecule has 0 atom stereocenters. The second-order valence-electron chi connectivity index (χ2n) is 7.31. The standard InChI is InChI=1S/C27H27N/c1-6-14-26-22(8-3)27(21(7-2)25(9-4)28(26)5)23-17-12-10-15-19(23)20-16-11-13-18-24(20)27/h7-18H,2,4,6H2,1,3,5H3/b22-8+,26-14+. The monoisotopic (exact) mass is 365 g/mol. The molecule has 1 spiro atoms. The van der Waals surface area contributed by atoms with E-state index in [-0.39, 0.29) is 5.41 Å². The number of likely N-dealkylation sites (N-methyl/N-ethyl adjacent to an activating group) is 1. The highest BCUT2D eigenvalue weighted by atomic mass is 15.1. The van der Waals surface area contributed by atoms with Gasteiger partial charge in [-0.15, -0.1) is 0 Å². The molecule has 0 fully saturated rings. The number of nitrogens with zero attached hydrogens (tertiary/aromatic N) is 1. The van der Waals surface area contributed by atoms with Crippen molar-refractivity contribution in [1.29, 1.82) is 0 Å². The van der Waals surface area contributed by atoms with Crippen LogP contribution < -0.4 is 0 Å². The van der Waals surface area contributed by atoms with Gasteiger partial charge >= 0.3 is 0 Å². The molecule has 2 aliphatic rings. The molecule has 2 aromatic carbocycles. The van der Waals surface area contributed by atoms with Crippen molar-refractivity contribution < 1.29 is 0 Å². The first-order valence-corrected chi connectivity index (χ1v) is 9.96. The highest BCUT2D eigenvalue weighted by Gasteiger charge is 2.52. The molecule has 0 aromatic heterocycles. The van der Waals surface area contributed by atoms with Crippen molar-refractivity contribution in [3.8, 4) is 11.1 Å². The van der Waals surface area contributed by atoms with Crippen LogP contribution in [-0.4, -0.2) is 11.9 Å². The molecule has 0 N–H and O–H groups in total. The van der Waals surface area contributed by atoms with Crippen LogP contribution in [-0.2, 0) is 5.41 Å². The average molecular weight is 366 g/mol. The summed E-state index contributed by atoms with van der Waals surface area (Å²) in [5.74, 6) is 0. The Labute approximate surface area is 168 Å². The van der Waals surface area contributed by atoms with Gasteiger partial charge in [-0.25, -0.2) is 0 Å². The molecule has 1 aliphatic carbocycles. The van der Waals surface area contributed by atoms with Crippen molar-refractivity contribution >= 4 is 0 Å². The van der Waals surface area contributed by atoms with E-state index >= 15 is 0 Å². The van der Waals surface area contributed by atoms with Crippen molar-refractivity contribution in [2.75, 3.05) is 7.05 Å². The maximum Gasteiger partial charge on any atom is 0.0750 e. The van der Waals surface area contributed by atoms with Crippen molar-refractivity contribution in [1.82, 2.24) is 4.90 Å². The van der Waals surface area contributed by atoms with Crippen LogP contribution >= 0.6 is 0 Å². The predicted molar refractivity (Wildman–Crippen MR) is 120 cm³/mol. The summed E-state index contributed by atoms with van der Waals surface area (Å²) in [5.41, 5.74) is 9.78. The largest absolute Gasteiger partial charge is 0.344 e. The topological polar surface area (TPSA) is 3.24 Å². The van der Waals surface area contributed by atoms with E-state index in [0.29, 0.717) is 0 Å². The van der Waals surface area contributed by atoms with Crippen LogP contribution in [0.25, 0.3) is 11.1 Å². The zero-order valence-electron chi connectivity index (χ0n) is 17.0. The summed E-state index contributed by atoms with van der Waals surface area (Å²) in [6.45, 7) is 12.7. The van der Waals surface area contributed by atoms with E-state index in [4.69, 9.17) is 0 Å². The summed E-state index contributed by atoms with van der Waals surface area (Å²) in [5, 5.41) is 0. The summed E-state index contributed by atoms with van der Waals surface area (Å²) in [6.07, 6.45) is 9.57. The third-order valence-electron chi connectivity index (χ3n) is 6.12. The normalized spacial score (nSPS) is 19.9. The van der Waals surface area contributed by atoms with Gasteiger partial charge in [-0.1, -0.05) is 86.8 Å². The van der Waals surface area contributed by atoms with E-state index in [0.717, 1.165) is 12.1 Å². The quantitative estimate of drug-likeness (QED) is 0.580. The minimum Gasteiger partial charge on any atom is -0.344 e. The van der Waals surface area contributed by atoms with Gasteiger partial charge in [0, 0.05) is 18.4 Å². The Morgan fingerprint density at radius 2 is 1.50 bits per heavy atom. The molecular weight excluding hydrogens is 338 g/mol. The fourth-order valence-electron chi connectivity index (χ4n) is 5.14. The van der Waals surface area contributed by atoms with E-state index in [1.807, 2.05) is 12.2 Å². The molecule has 1 heteroatoms. The van der Waals surface area contributed by atoms with Gasteiger partial charge in [0.25, 0.3) is 0 Å². The van der Waals surface area contributed by atoms with Crippen molar-refractivity contribution in [3.63, 3.8) is 0 Å². The van der Waals surface area contributed by atoms with Gasteiger partial charge in [0.05, 0.1) is 5.41 Å². The Morgan fingerprint density at radius 1 is 0.929 bits per heavy atom. The molecule has 140 valence electrons. The Hall–Kier alpha value is -3.06. The predicted octanol–water partition coefficient (Wildman–Crippen LogP) is 6.76. The lowest BCUT2D eigenvalue weighted by Crippen LogP contribution is -2.40. The summed E-state index contributed by atoms with van der Waals surface area (Å²) >= 11 is 0. The van der Waals surface area contributed by atoms with Crippen LogP contribution in [0.2, 0.25) is 0 Å². The van der Waals surface area contributed by atoms with Crippen LogP contribution in [0.15, 0.2) is 109 Å². The van der Waals surface area contributed by atoms with E-state index in [1.54, 1.807) is 0 Å². The van der Waals surface area contributed by atoms with Gasteiger partial charge in [-0.05, 0) is 52.8 Å². The number of allylic oxidation sites excluding steroid dienone is 6.